The van der Waals surface area contributed by atoms with E-state index in [1.165, 1.54) is 0 Å². The fraction of sp³-hybridized carbons (Fsp3) is 0.909. The summed E-state index contributed by atoms with van der Waals surface area (Å²) in [6.07, 6.45) is 3.24. The third-order valence-electron chi connectivity index (χ3n) is 2.18. The highest BCUT2D eigenvalue weighted by Gasteiger charge is 2.02. The van der Waals surface area contributed by atoms with E-state index in [0.29, 0.717) is 19.6 Å². The summed E-state index contributed by atoms with van der Waals surface area (Å²) >= 11 is 0. The topological polar surface area (TPSA) is 64.3 Å². The lowest BCUT2D eigenvalue weighted by Crippen LogP contribution is -2.30. The number of carbonyl (C=O) groups excluding carboxylic acids is 1. The third-order valence-corrected chi connectivity index (χ3v) is 2.18. The van der Waals surface area contributed by atoms with Gasteiger partial charge in [-0.15, -0.1) is 0 Å². The summed E-state index contributed by atoms with van der Waals surface area (Å²) in [6.45, 7) is 6.01. The molecule has 0 aliphatic heterocycles. The molecular formula is C11H24N2O2. The Labute approximate surface area is 92.6 Å². The molecule has 15 heavy (non-hydrogen) atoms. The summed E-state index contributed by atoms with van der Waals surface area (Å²) in [7, 11) is 0. The van der Waals surface area contributed by atoms with Gasteiger partial charge in [0.15, 0.2) is 0 Å². The second-order valence-corrected chi connectivity index (χ2v) is 3.67. The fourth-order valence-electron chi connectivity index (χ4n) is 1.10. The standard InChI is InChI=1S/C11H24N2O2/c1-3-8-15-9-6-11(14)13-7-5-10(12)4-2/h10H,3-9,12H2,1-2H3,(H,13,14). The van der Waals surface area contributed by atoms with Crippen LogP contribution in [0, 0.1) is 0 Å². The van der Waals surface area contributed by atoms with Crippen LogP contribution in [0.2, 0.25) is 0 Å². The van der Waals surface area contributed by atoms with Gasteiger partial charge < -0.3 is 15.8 Å². The molecule has 0 aromatic heterocycles. The maximum absolute atomic E-state index is 11.2. The molecule has 0 bridgehead atoms. The van der Waals surface area contributed by atoms with Crippen LogP contribution in [0.3, 0.4) is 0 Å². The van der Waals surface area contributed by atoms with E-state index in [4.69, 9.17) is 10.5 Å². The average Bonchev–Trinajstić information content (AvgIpc) is 2.24. The molecule has 4 heteroatoms. The number of hydrogen-bond donors (Lipinski definition) is 2. The third kappa shape index (κ3) is 9.69. The molecule has 4 nitrogen and oxygen atoms in total. The van der Waals surface area contributed by atoms with Gasteiger partial charge >= 0.3 is 0 Å². The summed E-state index contributed by atoms with van der Waals surface area (Å²) in [4.78, 5) is 11.2. The molecule has 0 spiro atoms. The Hall–Kier alpha value is -0.610. The van der Waals surface area contributed by atoms with E-state index in [1.807, 2.05) is 13.8 Å². The van der Waals surface area contributed by atoms with Crippen LogP contribution in [0.1, 0.15) is 39.5 Å². The van der Waals surface area contributed by atoms with Crippen molar-refractivity contribution < 1.29 is 9.53 Å². The predicted molar refractivity (Wildman–Crippen MR) is 61.6 cm³/mol. The van der Waals surface area contributed by atoms with Crippen molar-refractivity contribution in [1.29, 1.82) is 0 Å². The lowest BCUT2D eigenvalue weighted by atomic mass is 10.2. The summed E-state index contributed by atoms with van der Waals surface area (Å²) < 4.78 is 5.22. The molecule has 0 fully saturated rings. The predicted octanol–water partition coefficient (Wildman–Crippen LogP) is 1.05. The van der Waals surface area contributed by atoms with Gasteiger partial charge in [-0.25, -0.2) is 0 Å². The Balaban J connectivity index is 3.26. The maximum atomic E-state index is 11.2. The Morgan fingerprint density at radius 3 is 2.73 bits per heavy atom. The van der Waals surface area contributed by atoms with Crippen LogP contribution in [0.4, 0.5) is 0 Å². The van der Waals surface area contributed by atoms with Crippen molar-refractivity contribution in [2.75, 3.05) is 19.8 Å². The first-order chi connectivity index (χ1) is 7.20. The van der Waals surface area contributed by atoms with Crippen LogP contribution in [-0.4, -0.2) is 31.7 Å². The Morgan fingerprint density at radius 2 is 2.13 bits per heavy atom. The van der Waals surface area contributed by atoms with E-state index in [2.05, 4.69) is 5.32 Å². The first-order valence-corrected chi connectivity index (χ1v) is 5.80. The normalized spacial score (nSPS) is 12.5. The smallest absolute Gasteiger partial charge is 0.222 e. The highest BCUT2D eigenvalue weighted by molar-refractivity contribution is 5.75. The highest BCUT2D eigenvalue weighted by Crippen LogP contribution is 1.91. The van der Waals surface area contributed by atoms with Gasteiger partial charge in [-0.1, -0.05) is 13.8 Å². The van der Waals surface area contributed by atoms with Crippen LogP contribution < -0.4 is 11.1 Å². The van der Waals surface area contributed by atoms with Gasteiger partial charge in [0.1, 0.15) is 0 Å². The molecule has 0 aromatic rings. The molecule has 0 saturated carbocycles. The number of nitrogens with two attached hydrogens (primary N) is 1. The largest absolute Gasteiger partial charge is 0.381 e. The molecule has 0 radical (unpaired) electrons. The first-order valence-electron chi connectivity index (χ1n) is 5.80. The molecule has 1 unspecified atom stereocenters. The molecule has 90 valence electrons. The summed E-state index contributed by atoms with van der Waals surface area (Å²) in [5.41, 5.74) is 5.72. The number of carbonyl (C=O) groups is 1. The van der Waals surface area contributed by atoms with Gasteiger partial charge in [-0.2, -0.15) is 0 Å². The van der Waals surface area contributed by atoms with E-state index in [0.717, 1.165) is 25.9 Å². The number of hydrogen-bond acceptors (Lipinski definition) is 3. The van der Waals surface area contributed by atoms with Crippen LogP contribution in [0.5, 0.6) is 0 Å². The minimum Gasteiger partial charge on any atom is -0.381 e. The van der Waals surface area contributed by atoms with E-state index in [-0.39, 0.29) is 11.9 Å². The zero-order chi connectivity index (χ0) is 11.5. The molecule has 3 N–H and O–H groups in total. The zero-order valence-electron chi connectivity index (χ0n) is 9.92. The summed E-state index contributed by atoms with van der Waals surface area (Å²) in [6, 6.07) is 0.196. The SMILES string of the molecule is CCCOCCC(=O)NCCC(N)CC. The average molecular weight is 216 g/mol. The Bertz CT molecular complexity index is 163. The zero-order valence-corrected chi connectivity index (χ0v) is 9.92. The van der Waals surface area contributed by atoms with Crippen molar-refractivity contribution >= 4 is 5.91 Å². The van der Waals surface area contributed by atoms with Gasteiger partial charge in [0, 0.05) is 25.6 Å². The molecule has 0 heterocycles. The summed E-state index contributed by atoms with van der Waals surface area (Å²) in [5, 5.41) is 2.83. The van der Waals surface area contributed by atoms with Gasteiger partial charge in [-0.05, 0) is 19.3 Å². The minimum atomic E-state index is 0.0504. The van der Waals surface area contributed by atoms with Crippen LogP contribution in [0.25, 0.3) is 0 Å². The van der Waals surface area contributed by atoms with Crippen LogP contribution in [0.15, 0.2) is 0 Å². The monoisotopic (exact) mass is 216 g/mol. The lowest BCUT2D eigenvalue weighted by molar-refractivity contribution is -0.122. The van der Waals surface area contributed by atoms with Crippen LogP contribution >= 0.6 is 0 Å². The van der Waals surface area contributed by atoms with Gasteiger partial charge in [0.25, 0.3) is 0 Å². The molecule has 1 amide bonds. The quantitative estimate of drug-likeness (QED) is 0.566. The highest BCUT2D eigenvalue weighted by atomic mass is 16.5. The molecule has 1 atom stereocenters. The first kappa shape index (κ1) is 14.4. The minimum absolute atomic E-state index is 0.0504. The fourth-order valence-corrected chi connectivity index (χ4v) is 1.10. The maximum Gasteiger partial charge on any atom is 0.222 e. The molecule has 0 saturated heterocycles. The van der Waals surface area contributed by atoms with Crippen molar-refractivity contribution in [3.05, 3.63) is 0 Å². The number of nitrogens with one attached hydrogen (secondary N) is 1. The van der Waals surface area contributed by atoms with Gasteiger partial charge in [0.2, 0.25) is 5.91 Å². The molecular weight excluding hydrogens is 192 g/mol. The van der Waals surface area contributed by atoms with Crippen molar-refractivity contribution in [1.82, 2.24) is 5.32 Å². The Kier molecular flexibility index (Phi) is 9.52. The van der Waals surface area contributed by atoms with Gasteiger partial charge in [-0.3, -0.25) is 4.79 Å². The second-order valence-electron chi connectivity index (χ2n) is 3.67. The van der Waals surface area contributed by atoms with E-state index in [1.54, 1.807) is 0 Å². The van der Waals surface area contributed by atoms with E-state index in [9.17, 15) is 4.79 Å². The van der Waals surface area contributed by atoms with Crippen molar-refractivity contribution in [2.24, 2.45) is 5.73 Å². The molecule has 0 aliphatic carbocycles. The van der Waals surface area contributed by atoms with Crippen molar-refractivity contribution in [2.45, 2.75) is 45.6 Å². The Morgan fingerprint density at radius 1 is 1.40 bits per heavy atom. The number of rotatable bonds is 9. The van der Waals surface area contributed by atoms with E-state index < -0.39 is 0 Å². The van der Waals surface area contributed by atoms with Crippen molar-refractivity contribution in [3.63, 3.8) is 0 Å². The molecule has 0 aromatic carbocycles. The van der Waals surface area contributed by atoms with Crippen LogP contribution in [-0.2, 0) is 9.53 Å². The summed E-state index contributed by atoms with van der Waals surface area (Å²) in [5.74, 6) is 0.0504. The molecule has 0 rings (SSSR count). The number of amides is 1. The van der Waals surface area contributed by atoms with Gasteiger partial charge in [0.05, 0.1) is 6.61 Å². The molecule has 0 aliphatic rings. The lowest BCUT2D eigenvalue weighted by Gasteiger charge is -2.09. The number of ether oxygens (including phenoxy) is 1. The second kappa shape index (κ2) is 9.93. The van der Waals surface area contributed by atoms with E-state index >= 15 is 0 Å². The van der Waals surface area contributed by atoms with Crippen molar-refractivity contribution in [3.8, 4) is 0 Å².